The van der Waals surface area contributed by atoms with Crippen LogP contribution >= 0.6 is 0 Å². The minimum atomic E-state index is -4.37. The zero-order valence-electron chi connectivity index (χ0n) is 14.1. The fourth-order valence-corrected chi connectivity index (χ4v) is 2.33. The number of hydrogen-bond acceptors (Lipinski definition) is 3. The van der Waals surface area contributed by atoms with E-state index in [1.54, 1.807) is 4.68 Å². The molecule has 1 amide bonds. The maximum Gasteiger partial charge on any atom is 0.411 e. The van der Waals surface area contributed by atoms with Gasteiger partial charge in [0, 0.05) is 6.54 Å². The van der Waals surface area contributed by atoms with E-state index in [9.17, 15) is 18.0 Å². The average Bonchev–Trinajstić information content (AvgIpc) is 2.98. The highest BCUT2D eigenvalue weighted by Gasteiger charge is 2.27. The first-order valence-electron chi connectivity index (χ1n) is 7.88. The van der Waals surface area contributed by atoms with Gasteiger partial charge in [-0.1, -0.05) is 24.6 Å². The normalized spacial score (nSPS) is 11.6. The molecule has 0 unspecified atom stereocenters. The second-order valence-corrected chi connectivity index (χ2v) is 5.53. The molecule has 1 aromatic carbocycles. The summed E-state index contributed by atoms with van der Waals surface area (Å²) in [5.41, 5.74) is 3.09. The molecule has 0 atom stereocenters. The van der Waals surface area contributed by atoms with Crippen molar-refractivity contribution in [2.45, 2.75) is 26.4 Å². The molecule has 0 fully saturated rings. The number of rotatable bonds is 7. The Morgan fingerprint density at radius 3 is 2.56 bits per heavy atom. The first kappa shape index (κ1) is 19.0. The fourth-order valence-electron chi connectivity index (χ4n) is 2.33. The summed E-state index contributed by atoms with van der Waals surface area (Å²) in [6.07, 6.45) is -2.32. The molecule has 0 aliphatic rings. The number of nitrogens with one attached hydrogen (secondary N) is 1. The highest BCUT2D eigenvalue weighted by molar-refractivity contribution is 5.95. The van der Waals surface area contributed by atoms with E-state index in [0.29, 0.717) is 12.0 Å². The van der Waals surface area contributed by atoms with Crippen molar-refractivity contribution in [2.75, 3.05) is 19.8 Å². The molecule has 2 rings (SSSR count). The number of aromatic nitrogens is 2. The molecule has 136 valence electrons. The van der Waals surface area contributed by atoms with E-state index < -0.39 is 12.8 Å². The number of halogens is 3. The van der Waals surface area contributed by atoms with E-state index in [1.807, 2.05) is 38.1 Å². The Morgan fingerprint density at radius 2 is 1.96 bits per heavy atom. The van der Waals surface area contributed by atoms with Gasteiger partial charge in [0.15, 0.2) is 0 Å². The summed E-state index contributed by atoms with van der Waals surface area (Å²) in [4.78, 5) is 12.2. The first-order chi connectivity index (χ1) is 11.8. The number of amides is 1. The smallest absolute Gasteiger partial charge is 0.370 e. The van der Waals surface area contributed by atoms with Crippen molar-refractivity contribution in [3.05, 3.63) is 47.3 Å². The summed E-state index contributed by atoms with van der Waals surface area (Å²) < 4.78 is 42.1. The SMILES string of the molecule is CCc1c(C(=O)NCCOCC(F)(F)F)cnn1-c1ccc(C)cc1. The van der Waals surface area contributed by atoms with Crippen molar-refractivity contribution >= 4 is 5.91 Å². The van der Waals surface area contributed by atoms with Gasteiger partial charge in [-0.2, -0.15) is 18.3 Å². The predicted octanol–water partition coefficient (Wildman–Crippen LogP) is 3.05. The Kier molecular flexibility index (Phi) is 6.19. The number of carbonyl (C=O) groups is 1. The molecule has 0 bridgehead atoms. The molecule has 0 radical (unpaired) electrons. The summed E-state index contributed by atoms with van der Waals surface area (Å²) in [5.74, 6) is -0.383. The van der Waals surface area contributed by atoms with Gasteiger partial charge < -0.3 is 10.1 Å². The maximum atomic E-state index is 12.2. The monoisotopic (exact) mass is 355 g/mol. The molecule has 1 heterocycles. The topological polar surface area (TPSA) is 56.1 Å². The Labute approximate surface area is 143 Å². The molecule has 0 saturated carbocycles. The van der Waals surface area contributed by atoms with E-state index in [0.717, 1.165) is 16.9 Å². The summed E-state index contributed by atoms with van der Waals surface area (Å²) in [6.45, 7) is 2.35. The fraction of sp³-hybridized carbons (Fsp3) is 0.412. The van der Waals surface area contributed by atoms with Gasteiger partial charge in [0.25, 0.3) is 5.91 Å². The van der Waals surface area contributed by atoms with Gasteiger partial charge in [0.05, 0.1) is 29.7 Å². The van der Waals surface area contributed by atoms with Crippen LogP contribution in [-0.4, -0.2) is 41.6 Å². The van der Waals surface area contributed by atoms with Crippen LogP contribution in [-0.2, 0) is 11.2 Å². The predicted molar refractivity (Wildman–Crippen MR) is 86.9 cm³/mol. The molecule has 0 aliphatic heterocycles. The molecule has 2 aromatic rings. The highest BCUT2D eigenvalue weighted by Crippen LogP contribution is 2.17. The summed E-state index contributed by atoms with van der Waals surface area (Å²) in [5, 5.41) is 6.81. The second-order valence-electron chi connectivity index (χ2n) is 5.53. The number of hydrogen-bond donors (Lipinski definition) is 1. The molecule has 0 aliphatic carbocycles. The maximum absolute atomic E-state index is 12.2. The molecule has 1 aromatic heterocycles. The average molecular weight is 355 g/mol. The van der Waals surface area contributed by atoms with Crippen molar-refractivity contribution in [1.82, 2.24) is 15.1 Å². The van der Waals surface area contributed by atoms with Crippen LogP contribution in [0.2, 0.25) is 0 Å². The minimum Gasteiger partial charge on any atom is -0.370 e. The third-order valence-electron chi connectivity index (χ3n) is 3.52. The van der Waals surface area contributed by atoms with Crippen molar-refractivity contribution in [3.8, 4) is 5.69 Å². The van der Waals surface area contributed by atoms with Gasteiger partial charge in [-0.15, -0.1) is 0 Å². The standard InChI is InChI=1S/C17H20F3N3O2/c1-3-15-14(16(24)21-8-9-25-11-17(18,19)20)10-22-23(15)13-6-4-12(2)5-7-13/h4-7,10H,3,8-9,11H2,1-2H3,(H,21,24). The van der Waals surface area contributed by atoms with Crippen LogP contribution < -0.4 is 5.32 Å². The lowest BCUT2D eigenvalue weighted by Gasteiger charge is -2.10. The van der Waals surface area contributed by atoms with Crippen LogP contribution in [0.5, 0.6) is 0 Å². The molecule has 0 spiro atoms. The summed E-state index contributed by atoms with van der Waals surface area (Å²) in [7, 11) is 0. The van der Waals surface area contributed by atoms with E-state index in [1.165, 1.54) is 6.20 Å². The molecular formula is C17H20F3N3O2. The van der Waals surface area contributed by atoms with Crippen molar-refractivity contribution in [3.63, 3.8) is 0 Å². The molecule has 1 N–H and O–H groups in total. The molecular weight excluding hydrogens is 335 g/mol. The summed E-state index contributed by atoms with van der Waals surface area (Å²) >= 11 is 0. The van der Waals surface area contributed by atoms with E-state index >= 15 is 0 Å². The van der Waals surface area contributed by atoms with Crippen LogP contribution in [0.4, 0.5) is 13.2 Å². The number of carbonyl (C=O) groups excluding carboxylic acids is 1. The van der Waals surface area contributed by atoms with Gasteiger partial charge >= 0.3 is 6.18 Å². The number of aryl methyl sites for hydroxylation is 1. The zero-order valence-corrected chi connectivity index (χ0v) is 14.1. The van der Waals surface area contributed by atoms with Crippen molar-refractivity contribution in [2.24, 2.45) is 0 Å². The number of benzene rings is 1. The van der Waals surface area contributed by atoms with E-state index in [-0.39, 0.29) is 19.1 Å². The van der Waals surface area contributed by atoms with Crippen LogP contribution in [0, 0.1) is 6.92 Å². The Balaban J connectivity index is 1.99. The largest absolute Gasteiger partial charge is 0.411 e. The van der Waals surface area contributed by atoms with Crippen LogP contribution in [0.3, 0.4) is 0 Å². The van der Waals surface area contributed by atoms with Gasteiger partial charge in [-0.05, 0) is 25.5 Å². The van der Waals surface area contributed by atoms with Crippen molar-refractivity contribution in [1.29, 1.82) is 0 Å². The van der Waals surface area contributed by atoms with Crippen LogP contribution in [0.15, 0.2) is 30.5 Å². The number of nitrogens with zero attached hydrogens (tertiary/aromatic N) is 2. The Hall–Kier alpha value is -2.35. The zero-order chi connectivity index (χ0) is 18.4. The van der Waals surface area contributed by atoms with Gasteiger partial charge in [0.1, 0.15) is 6.61 Å². The van der Waals surface area contributed by atoms with Gasteiger partial charge in [-0.3, -0.25) is 4.79 Å². The third-order valence-corrected chi connectivity index (χ3v) is 3.52. The number of alkyl halides is 3. The molecule has 0 saturated heterocycles. The Morgan fingerprint density at radius 1 is 1.28 bits per heavy atom. The second kappa shape index (κ2) is 8.15. The molecule has 8 heteroatoms. The van der Waals surface area contributed by atoms with Gasteiger partial charge in [0.2, 0.25) is 0 Å². The lowest BCUT2D eigenvalue weighted by molar-refractivity contribution is -0.173. The lowest BCUT2D eigenvalue weighted by atomic mass is 10.1. The Bertz CT molecular complexity index is 709. The molecule has 25 heavy (non-hydrogen) atoms. The number of ether oxygens (including phenoxy) is 1. The quantitative estimate of drug-likeness (QED) is 0.777. The van der Waals surface area contributed by atoms with Crippen molar-refractivity contribution < 1.29 is 22.7 Å². The lowest BCUT2D eigenvalue weighted by Crippen LogP contribution is -2.29. The van der Waals surface area contributed by atoms with E-state index in [4.69, 9.17) is 0 Å². The molecule has 5 nitrogen and oxygen atoms in total. The van der Waals surface area contributed by atoms with Crippen LogP contribution in [0.25, 0.3) is 5.69 Å². The highest BCUT2D eigenvalue weighted by atomic mass is 19.4. The third kappa shape index (κ3) is 5.32. The first-order valence-corrected chi connectivity index (χ1v) is 7.88. The van der Waals surface area contributed by atoms with Gasteiger partial charge in [-0.25, -0.2) is 4.68 Å². The summed E-state index contributed by atoms with van der Waals surface area (Å²) in [6, 6.07) is 7.73. The van der Waals surface area contributed by atoms with E-state index in [2.05, 4.69) is 15.2 Å². The van der Waals surface area contributed by atoms with Crippen LogP contribution in [0.1, 0.15) is 28.5 Å². The minimum absolute atomic E-state index is 0.00617.